The number of hydrogen-bond acceptors (Lipinski definition) is 5. The molecule has 0 saturated heterocycles. The van der Waals surface area contributed by atoms with Crippen LogP contribution in [0, 0.1) is 0 Å². The number of anilines is 1. The van der Waals surface area contributed by atoms with Crippen LogP contribution in [0.1, 0.15) is 26.6 Å². The summed E-state index contributed by atoms with van der Waals surface area (Å²) in [6.07, 6.45) is 0. The van der Waals surface area contributed by atoms with E-state index < -0.39 is 0 Å². The van der Waals surface area contributed by atoms with Crippen molar-refractivity contribution in [2.45, 2.75) is 26.2 Å². The average Bonchev–Trinajstić information content (AvgIpc) is 2.68. The predicted molar refractivity (Wildman–Crippen MR) is 66.3 cm³/mol. The fourth-order valence-corrected chi connectivity index (χ4v) is 1.88. The normalized spacial score (nSPS) is 11.7. The Morgan fingerprint density at radius 3 is 2.50 bits per heavy atom. The van der Waals surface area contributed by atoms with E-state index in [4.69, 9.17) is 5.73 Å². The van der Waals surface area contributed by atoms with Crippen molar-refractivity contribution in [1.82, 2.24) is 15.0 Å². The van der Waals surface area contributed by atoms with Crippen LogP contribution in [-0.4, -0.2) is 15.0 Å². The Morgan fingerprint density at radius 2 is 1.94 bits per heavy atom. The molecule has 4 nitrogen and oxygen atoms in total. The molecule has 0 fully saturated rings. The van der Waals surface area contributed by atoms with Crippen LogP contribution in [0.15, 0.2) is 16.8 Å². The number of thiophene rings is 1. The van der Waals surface area contributed by atoms with Crippen molar-refractivity contribution in [2.75, 3.05) is 5.73 Å². The average molecular weight is 234 g/mol. The standard InChI is InChI=1S/C11H14N4S/c1-11(2,3)9-13-8(14-10(12)15-9)7-4-5-16-6-7/h4-6H,1-3H3,(H2,12,13,14,15). The van der Waals surface area contributed by atoms with Crippen molar-refractivity contribution in [1.29, 1.82) is 0 Å². The van der Waals surface area contributed by atoms with Gasteiger partial charge >= 0.3 is 0 Å². The Labute approximate surface area is 98.6 Å². The van der Waals surface area contributed by atoms with E-state index in [0.29, 0.717) is 5.82 Å². The molecule has 2 heterocycles. The van der Waals surface area contributed by atoms with E-state index in [-0.39, 0.29) is 11.4 Å². The molecular formula is C11H14N4S. The van der Waals surface area contributed by atoms with Crippen LogP contribution in [0.4, 0.5) is 5.95 Å². The highest BCUT2D eigenvalue weighted by molar-refractivity contribution is 7.08. The lowest BCUT2D eigenvalue weighted by Gasteiger charge is -2.16. The largest absolute Gasteiger partial charge is 0.368 e. The summed E-state index contributed by atoms with van der Waals surface area (Å²) in [5.74, 6) is 1.65. The molecule has 0 radical (unpaired) electrons. The van der Waals surface area contributed by atoms with Gasteiger partial charge in [0.05, 0.1) is 0 Å². The highest BCUT2D eigenvalue weighted by Crippen LogP contribution is 2.23. The maximum atomic E-state index is 5.70. The van der Waals surface area contributed by atoms with Crippen molar-refractivity contribution < 1.29 is 0 Å². The molecule has 0 saturated carbocycles. The highest BCUT2D eigenvalue weighted by Gasteiger charge is 2.19. The van der Waals surface area contributed by atoms with Gasteiger partial charge in [-0.05, 0) is 11.4 Å². The Kier molecular flexibility index (Phi) is 2.63. The van der Waals surface area contributed by atoms with E-state index in [1.165, 1.54) is 0 Å². The van der Waals surface area contributed by atoms with Gasteiger partial charge in [0.2, 0.25) is 5.95 Å². The molecule has 0 spiro atoms. The molecule has 0 unspecified atom stereocenters. The molecule has 5 heteroatoms. The number of rotatable bonds is 1. The molecule has 0 atom stereocenters. The zero-order chi connectivity index (χ0) is 11.8. The molecule has 84 valence electrons. The molecule has 16 heavy (non-hydrogen) atoms. The summed E-state index contributed by atoms with van der Waals surface area (Å²) in [5, 5.41) is 3.99. The van der Waals surface area contributed by atoms with Gasteiger partial charge in [-0.1, -0.05) is 20.8 Å². The monoisotopic (exact) mass is 234 g/mol. The van der Waals surface area contributed by atoms with Gasteiger partial charge in [0, 0.05) is 16.4 Å². The molecular weight excluding hydrogens is 220 g/mol. The van der Waals surface area contributed by atoms with E-state index in [1.807, 2.05) is 16.8 Å². The molecule has 0 aliphatic heterocycles. The zero-order valence-corrected chi connectivity index (χ0v) is 10.4. The minimum Gasteiger partial charge on any atom is -0.368 e. The van der Waals surface area contributed by atoms with Crippen molar-refractivity contribution >= 4 is 17.3 Å². The molecule has 2 N–H and O–H groups in total. The molecule has 2 aromatic rings. The first-order valence-corrected chi connectivity index (χ1v) is 5.96. The van der Waals surface area contributed by atoms with Crippen LogP contribution >= 0.6 is 11.3 Å². The summed E-state index contributed by atoms with van der Waals surface area (Å²) in [7, 11) is 0. The second-order valence-electron chi connectivity index (χ2n) is 4.60. The number of nitrogens with zero attached hydrogens (tertiary/aromatic N) is 3. The third-order valence-corrected chi connectivity index (χ3v) is 2.79. The smallest absolute Gasteiger partial charge is 0.223 e. The first-order chi connectivity index (χ1) is 7.47. The van der Waals surface area contributed by atoms with Crippen molar-refractivity contribution in [3.05, 3.63) is 22.7 Å². The minimum absolute atomic E-state index is 0.123. The lowest BCUT2D eigenvalue weighted by atomic mass is 9.96. The van der Waals surface area contributed by atoms with Gasteiger partial charge in [0.1, 0.15) is 5.82 Å². The summed E-state index contributed by atoms with van der Waals surface area (Å²) in [6.45, 7) is 6.16. The van der Waals surface area contributed by atoms with Crippen LogP contribution in [-0.2, 0) is 5.41 Å². The number of aromatic nitrogens is 3. The number of hydrogen-bond donors (Lipinski definition) is 1. The summed E-state index contributed by atoms with van der Waals surface area (Å²) in [6, 6.07) is 1.98. The first-order valence-electron chi connectivity index (χ1n) is 5.01. The summed E-state index contributed by atoms with van der Waals surface area (Å²) < 4.78 is 0. The van der Waals surface area contributed by atoms with Crippen LogP contribution < -0.4 is 5.73 Å². The Morgan fingerprint density at radius 1 is 1.19 bits per heavy atom. The van der Waals surface area contributed by atoms with E-state index in [0.717, 1.165) is 11.4 Å². The third kappa shape index (κ3) is 2.19. The summed E-state index contributed by atoms with van der Waals surface area (Å²) >= 11 is 1.61. The maximum Gasteiger partial charge on any atom is 0.223 e. The SMILES string of the molecule is CC(C)(C)c1nc(N)nc(-c2ccsc2)n1. The molecule has 0 bridgehead atoms. The van der Waals surface area contributed by atoms with Crippen molar-refractivity contribution in [2.24, 2.45) is 0 Å². The third-order valence-electron chi connectivity index (χ3n) is 2.10. The van der Waals surface area contributed by atoms with Gasteiger partial charge in [0.25, 0.3) is 0 Å². The maximum absolute atomic E-state index is 5.70. The molecule has 0 aliphatic rings. The van der Waals surface area contributed by atoms with Gasteiger partial charge < -0.3 is 5.73 Å². The topological polar surface area (TPSA) is 64.7 Å². The Balaban J connectivity index is 2.53. The van der Waals surface area contributed by atoms with Gasteiger partial charge in [0.15, 0.2) is 5.82 Å². The molecule has 2 rings (SSSR count). The molecule has 0 aliphatic carbocycles. The summed E-state index contributed by atoms with van der Waals surface area (Å²) in [5.41, 5.74) is 6.57. The van der Waals surface area contributed by atoms with E-state index in [1.54, 1.807) is 11.3 Å². The quantitative estimate of drug-likeness (QED) is 0.823. The predicted octanol–water partition coefficient (Wildman–Crippen LogP) is 2.48. The van der Waals surface area contributed by atoms with Crippen molar-refractivity contribution in [3.63, 3.8) is 0 Å². The second-order valence-corrected chi connectivity index (χ2v) is 5.38. The first kappa shape index (κ1) is 11.0. The highest BCUT2D eigenvalue weighted by atomic mass is 32.1. The van der Waals surface area contributed by atoms with E-state index in [2.05, 4.69) is 35.7 Å². The zero-order valence-electron chi connectivity index (χ0n) is 9.56. The molecule has 0 aromatic carbocycles. The summed E-state index contributed by atoms with van der Waals surface area (Å²) in [4.78, 5) is 12.8. The lowest BCUT2D eigenvalue weighted by Crippen LogP contribution is -2.18. The fourth-order valence-electron chi connectivity index (χ4n) is 1.25. The van der Waals surface area contributed by atoms with Crippen LogP contribution in [0.3, 0.4) is 0 Å². The lowest BCUT2D eigenvalue weighted by molar-refractivity contribution is 0.544. The van der Waals surface area contributed by atoms with E-state index in [9.17, 15) is 0 Å². The van der Waals surface area contributed by atoms with Crippen LogP contribution in [0.25, 0.3) is 11.4 Å². The Bertz CT molecular complexity index is 485. The van der Waals surface area contributed by atoms with Gasteiger partial charge in [-0.25, -0.2) is 4.98 Å². The van der Waals surface area contributed by atoms with E-state index >= 15 is 0 Å². The van der Waals surface area contributed by atoms with Crippen LogP contribution in [0.5, 0.6) is 0 Å². The van der Waals surface area contributed by atoms with Crippen LogP contribution in [0.2, 0.25) is 0 Å². The number of nitrogen functional groups attached to an aromatic ring is 1. The van der Waals surface area contributed by atoms with Gasteiger partial charge in [-0.2, -0.15) is 21.3 Å². The Hall–Kier alpha value is -1.49. The molecule has 2 aromatic heterocycles. The van der Waals surface area contributed by atoms with Gasteiger partial charge in [-0.15, -0.1) is 0 Å². The van der Waals surface area contributed by atoms with Crippen molar-refractivity contribution in [3.8, 4) is 11.4 Å². The fraction of sp³-hybridized carbons (Fsp3) is 0.364. The minimum atomic E-state index is -0.123. The molecule has 0 amide bonds. The van der Waals surface area contributed by atoms with Gasteiger partial charge in [-0.3, -0.25) is 0 Å². The second kappa shape index (κ2) is 3.83. The number of nitrogens with two attached hydrogens (primary N) is 1.